The van der Waals surface area contributed by atoms with Crippen molar-refractivity contribution < 1.29 is 19.5 Å². The second-order valence-electron chi connectivity index (χ2n) is 5.84. The van der Waals surface area contributed by atoms with Crippen molar-refractivity contribution in [1.29, 1.82) is 0 Å². The van der Waals surface area contributed by atoms with E-state index in [0.29, 0.717) is 13.0 Å². The molecule has 0 aromatic rings. The average Bonchev–Trinajstić information content (AvgIpc) is 2.74. The summed E-state index contributed by atoms with van der Waals surface area (Å²) >= 11 is 0. The molecule has 108 valence electrons. The van der Waals surface area contributed by atoms with Crippen LogP contribution >= 0.6 is 0 Å². The molecule has 1 unspecified atom stereocenters. The van der Waals surface area contributed by atoms with Crippen LogP contribution in [0.1, 0.15) is 40.0 Å². The smallest absolute Gasteiger partial charge is 0.305 e. The molecule has 1 fully saturated rings. The molecule has 0 bridgehead atoms. The van der Waals surface area contributed by atoms with Crippen molar-refractivity contribution in [3.63, 3.8) is 0 Å². The Morgan fingerprint density at radius 2 is 1.95 bits per heavy atom. The van der Waals surface area contributed by atoms with E-state index >= 15 is 0 Å². The maximum atomic E-state index is 12.2. The zero-order chi connectivity index (χ0) is 14.6. The van der Waals surface area contributed by atoms with Crippen molar-refractivity contribution in [2.45, 2.75) is 46.1 Å². The first kappa shape index (κ1) is 15.5. The maximum Gasteiger partial charge on any atom is 0.305 e. The van der Waals surface area contributed by atoms with E-state index in [2.05, 4.69) is 5.32 Å². The molecule has 1 saturated heterocycles. The first-order valence-corrected chi connectivity index (χ1v) is 6.54. The molecule has 6 heteroatoms. The molecule has 0 aromatic carbocycles. The Morgan fingerprint density at radius 1 is 1.32 bits per heavy atom. The van der Waals surface area contributed by atoms with Gasteiger partial charge in [-0.05, 0) is 12.8 Å². The van der Waals surface area contributed by atoms with Crippen LogP contribution < -0.4 is 5.32 Å². The highest BCUT2D eigenvalue weighted by atomic mass is 16.4. The molecule has 0 aliphatic carbocycles. The van der Waals surface area contributed by atoms with Crippen LogP contribution in [0.4, 0.5) is 0 Å². The van der Waals surface area contributed by atoms with Crippen LogP contribution in [0.25, 0.3) is 0 Å². The van der Waals surface area contributed by atoms with Crippen molar-refractivity contribution in [1.82, 2.24) is 10.2 Å². The molecule has 0 aromatic heterocycles. The summed E-state index contributed by atoms with van der Waals surface area (Å²) in [6.07, 6.45) is 1.34. The van der Waals surface area contributed by atoms with E-state index in [0.717, 1.165) is 6.42 Å². The lowest BCUT2D eigenvalue weighted by molar-refractivity contribution is -0.145. The molecular formula is C13H22N2O4. The SMILES string of the molecule is CC(C)(C)C(=O)N1CCCC1C(=O)NCCC(=O)O. The zero-order valence-corrected chi connectivity index (χ0v) is 11.7. The van der Waals surface area contributed by atoms with Gasteiger partial charge in [-0.15, -0.1) is 0 Å². The highest BCUT2D eigenvalue weighted by Gasteiger charge is 2.38. The van der Waals surface area contributed by atoms with Gasteiger partial charge in [0.25, 0.3) is 0 Å². The Labute approximate surface area is 113 Å². The Hall–Kier alpha value is -1.59. The first-order chi connectivity index (χ1) is 8.73. The number of aliphatic carboxylic acids is 1. The summed E-state index contributed by atoms with van der Waals surface area (Å²) in [5.41, 5.74) is -0.510. The Kier molecular flexibility index (Phi) is 4.91. The third kappa shape index (κ3) is 4.22. The lowest BCUT2D eigenvalue weighted by Crippen LogP contribution is -2.49. The summed E-state index contributed by atoms with van der Waals surface area (Å²) in [6, 6.07) is -0.458. The van der Waals surface area contributed by atoms with E-state index in [1.807, 2.05) is 20.8 Å². The topological polar surface area (TPSA) is 86.7 Å². The number of likely N-dealkylation sites (tertiary alicyclic amines) is 1. The number of carbonyl (C=O) groups is 3. The van der Waals surface area contributed by atoms with E-state index in [1.54, 1.807) is 4.90 Å². The summed E-state index contributed by atoms with van der Waals surface area (Å²) < 4.78 is 0. The number of nitrogens with one attached hydrogen (secondary N) is 1. The summed E-state index contributed by atoms with van der Waals surface area (Å²) in [6.45, 7) is 6.17. The molecule has 2 N–H and O–H groups in total. The summed E-state index contributed by atoms with van der Waals surface area (Å²) in [4.78, 5) is 36.2. The van der Waals surface area contributed by atoms with Crippen LogP contribution in [0.3, 0.4) is 0 Å². The van der Waals surface area contributed by atoms with E-state index in [-0.39, 0.29) is 24.8 Å². The standard InChI is InChI=1S/C13H22N2O4/c1-13(2,3)12(19)15-8-4-5-9(15)11(18)14-7-6-10(16)17/h9H,4-8H2,1-3H3,(H,14,18)(H,16,17). The van der Waals surface area contributed by atoms with Crippen LogP contribution in [0, 0.1) is 5.41 Å². The minimum absolute atomic E-state index is 0.0385. The highest BCUT2D eigenvalue weighted by molar-refractivity contribution is 5.90. The first-order valence-electron chi connectivity index (χ1n) is 6.54. The van der Waals surface area contributed by atoms with E-state index in [4.69, 9.17) is 5.11 Å². The fraction of sp³-hybridized carbons (Fsp3) is 0.769. The fourth-order valence-electron chi connectivity index (χ4n) is 2.12. The molecule has 1 aliphatic rings. The zero-order valence-electron chi connectivity index (χ0n) is 11.7. The Morgan fingerprint density at radius 3 is 2.47 bits per heavy atom. The van der Waals surface area contributed by atoms with Crippen LogP contribution in [0.15, 0.2) is 0 Å². The highest BCUT2D eigenvalue weighted by Crippen LogP contribution is 2.25. The number of carboxylic acid groups (broad SMARTS) is 1. The monoisotopic (exact) mass is 270 g/mol. The third-order valence-corrected chi connectivity index (χ3v) is 3.10. The minimum Gasteiger partial charge on any atom is -0.481 e. The van der Waals surface area contributed by atoms with Gasteiger partial charge in [-0.2, -0.15) is 0 Å². The Balaban J connectivity index is 2.58. The van der Waals surface area contributed by atoms with E-state index in [9.17, 15) is 14.4 Å². The van der Waals surface area contributed by atoms with Gasteiger partial charge in [0.1, 0.15) is 6.04 Å². The number of carboxylic acids is 1. The molecule has 1 heterocycles. The minimum atomic E-state index is -0.950. The molecule has 6 nitrogen and oxygen atoms in total. The molecular weight excluding hydrogens is 248 g/mol. The largest absolute Gasteiger partial charge is 0.481 e. The van der Waals surface area contributed by atoms with Gasteiger partial charge in [0.05, 0.1) is 6.42 Å². The normalized spacial score (nSPS) is 19.3. The van der Waals surface area contributed by atoms with E-state index in [1.165, 1.54) is 0 Å². The van der Waals surface area contributed by atoms with Gasteiger partial charge >= 0.3 is 5.97 Å². The number of hydrogen-bond acceptors (Lipinski definition) is 3. The van der Waals surface area contributed by atoms with Gasteiger partial charge in [0.2, 0.25) is 11.8 Å². The molecule has 1 atom stereocenters. The molecule has 0 saturated carbocycles. The average molecular weight is 270 g/mol. The number of nitrogens with zero attached hydrogens (tertiary/aromatic N) is 1. The van der Waals surface area contributed by atoms with Crippen molar-refractivity contribution in [2.75, 3.05) is 13.1 Å². The van der Waals surface area contributed by atoms with Gasteiger partial charge in [-0.3, -0.25) is 14.4 Å². The number of hydrogen-bond donors (Lipinski definition) is 2. The fourth-order valence-corrected chi connectivity index (χ4v) is 2.12. The van der Waals surface area contributed by atoms with Crippen LogP contribution in [0.2, 0.25) is 0 Å². The van der Waals surface area contributed by atoms with Gasteiger partial charge in [0.15, 0.2) is 0 Å². The van der Waals surface area contributed by atoms with Crippen LogP contribution in [-0.2, 0) is 14.4 Å². The van der Waals surface area contributed by atoms with Gasteiger partial charge < -0.3 is 15.3 Å². The molecule has 2 amide bonds. The second kappa shape index (κ2) is 6.04. The van der Waals surface area contributed by atoms with Crippen molar-refractivity contribution in [3.05, 3.63) is 0 Å². The summed E-state index contributed by atoms with van der Waals surface area (Å²) in [7, 11) is 0. The van der Waals surface area contributed by atoms with Gasteiger partial charge in [0, 0.05) is 18.5 Å². The predicted molar refractivity (Wildman–Crippen MR) is 69.5 cm³/mol. The maximum absolute atomic E-state index is 12.2. The van der Waals surface area contributed by atoms with Gasteiger partial charge in [-0.1, -0.05) is 20.8 Å². The predicted octanol–water partition coefficient (Wildman–Crippen LogP) is 0.614. The van der Waals surface area contributed by atoms with Crippen molar-refractivity contribution >= 4 is 17.8 Å². The van der Waals surface area contributed by atoms with E-state index < -0.39 is 17.4 Å². The lowest BCUT2D eigenvalue weighted by Gasteiger charge is -2.30. The number of carbonyl (C=O) groups excluding carboxylic acids is 2. The van der Waals surface area contributed by atoms with Crippen LogP contribution in [-0.4, -0.2) is 46.9 Å². The van der Waals surface area contributed by atoms with Crippen molar-refractivity contribution in [3.8, 4) is 0 Å². The molecule has 1 aliphatic heterocycles. The van der Waals surface area contributed by atoms with Gasteiger partial charge in [-0.25, -0.2) is 0 Å². The number of rotatable bonds is 4. The molecule has 1 rings (SSSR count). The second-order valence-corrected chi connectivity index (χ2v) is 5.84. The Bertz CT molecular complexity index is 373. The molecule has 0 spiro atoms. The molecule has 19 heavy (non-hydrogen) atoms. The molecule has 0 radical (unpaired) electrons. The quantitative estimate of drug-likeness (QED) is 0.783. The number of amides is 2. The van der Waals surface area contributed by atoms with Crippen LogP contribution in [0.5, 0.6) is 0 Å². The summed E-state index contributed by atoms with van der Waals surface area (Å²) in [5.74, 6) is -1.24. The third-order valence-electron chi connectivity index (χ3n) is 3.10. The summed E-state index contributed by atoms with van der Waals surface area (Å²) in [5, 5.41) is 11.1. The van der Waals surface area contributed by atoms with Crippen molar-refractivity contribution in [2.24, 2.45) is 5.41 Å². The lowest BCUT2D eigenvalue weighted by atomic mass is 9.94.